The number of hydrogen-bond acceptors (Lipinski definition) is 6. The number of nitrogens with one attached hydrogen (secondary N) is 3. The minimum Gasteiger partial charge on any atom is -0.508 e. The van der Waals surface area contributed by atoms with Gasteiger partial charge in [0, 0.05) is 23.2 Å². The van der Waals surface area contributed by atoms with Gasteiger partial charge in [0.05, 0.1) is 11.9 Å². The molecule has 0 unspecified atom stereocenters. The summed E-state index contributed by atoms with van der Waals surface area (Å²) >= 11 is 0. The molecule has 3 heterocycles. The van der Waals surface area contributed by atoms with E-state index in [0.29, 0.717) is 22.9 Å². The Labute approximate surface area is 159 Å². The summed E-state index contributed by atoms with van der Waals surface area (Å²) in [7, 11) is 0. The van der Waals surface area contributed by atoms with E-state index in [1.165, 1.54) is 0 Å². The summed E-state index contributed by atoms with van der Waals surface area (Å²) in [6.07, 6.45) is 5.36. The van der Waals surface area contributed by atoms with Gasteiger partial charge in [0.1, 0.15) is 17.3 Å². The standard InChI is InChI=1S/C19H16N6O3/c26-13-5-1-10(2-6-13)14-8-16(21-12-3-4-12)25-17(22-14)11(9-20-25)7-15-18(27)24-19(28)23-15/h1-2,5-9,12,21,26H,3-4H2,(H2,23,24,27,28). The van der Waals surface area contributed by atoms with Crippen LogP contribution in [0, 0.1) is 0 Å². The minimum absolute atomic E-state index is 0.147. The quantitative estimate of drug-likeness (QED) is 0.407. The molecule has 1 aliphatic carbocycles. The van der Waals surface area contributed by atoms with Crippen molar-refractivity contribution in [2.75, 3.05) is 5.32 Å². The zero-order chi connectivity index (χ0) is 19.3. The third-order valence-corrected chi connectivity index (χ3v) is 4.61. The molecule has 9 heteroatoms. The lowest BCUT2D eigenvalue weighted by molar-refractivity contribution is -0.115. The van der Waals surface area contributed by atoms with Crippen LogP contribution in [0.1, 0.15) is 18.4 Å². The third kappa shape index (κ3) is 2.92. The number of anilines is 1. The van der Waals surface area contributed by atoms with Crippen LogP contribution in [0.25, 0.3) is 23.0 Å². The highest BCUT2D eigenvalue weighted by Gasteiger charge is 2.25. The van der Waals surface area contributed by atoms with Crippen molar-refractivity contribution in [2.24, 2.45) is 0 Å². The fraction of sp³-hybridized carbons (Fsp3) is 0.158. The monoisotopic (exact) mass is 376 g/mol. The molecule has 140 valence electrons. The van der Waals surface area contributed by atoms with Crippen LogP contribution >= 0.6 is 0 Å². The molecule has 2 fully saturated rings. The molecule has 5 rings (SSSR count). The fourth-order valence-electron chi connectivity index (χ4n) is 3.04. The minimum atomic E-state index is -0.554. The SMILES string of the molecule is O=C1NC(=O)C(=Cc2cnn3c(NC4CC4)cc(-c4ccc(O)cc4)nc23)N1. The molecule has 1 aliphatic heterocycles. The van der Waals surface area contributed by atoms with E-state index in [0.717, 1.165) is 24.2 Å². The zero-order valence-corrected chi connectivity index (χ0v) is 14.6. The number of urea groups is 1. The number of amides is 3. The van der Waals surface area contributed by atoms with Crippen molar-refractivity contribution in [1.29, 1.82) is 0 Å². The number of phenolic OH excluding ortho intramolecular Hbond substituents is 1. The van der Waals surface area contributed by atoms with Crippen LogP contribution in [0.3, 0.4) is 0 Å². The number of aromatic hydroxyl groups is 1. The van der Waals surface area contributed by atoms with E-state index in [1.54, 1.807) is 41.1 Å². The van der Waals surface area contributed by atoms with Gasteiger partial charge in [0.25, 0.3) is 5.91 Å². The highest BCUT2D eigenvalue weighted by Crippen LogP contribution is 2.29. The van der Waals surface area contributed by atoms with E-state index in [4.69, 9.17) is 4.98 Å². The van der Waals surface area contributed by atoms with Gasteiger partial charge in [-0.05, 0) is 43.2 Å². The maximum Gasteiger partial charge on any atom is 0.326 e. The molecule has 1 aromatic carbocycles. The number of nitrogens with zero attached hydrogens (tertiary/aromatic N) is 3. The van der Waals surface area contributed by atoms with Crippen LogP contribution in [0.4, 0.5) is 10.6 Å². The summed E-state index contributed by atoms with van der Waals surface area (Å²) in [5.74, 6) is 0.481. The Morgan fingerprint density at radius 2 is 1.96 bits per heavy atom. The maximum absolute atomic E-state index is 11.8. The van der Waals surface area contributed by atoms with Crippen molar-refractivity contribution in [3.8, 4) is 17.0 Å². The number of fused-ring (bicyclic) bond motifs is 1. The summed E-state index contributed by atoms with van der Waals surface area (Å²) in [6, 6.07) is 8.54. The molecule has 3 amide bonds. The first kappa shape index (κ1) is 16.3. The number of carbonyl (C=O) groups is 2. The Morgan fingerprint density at radius 1 is 1.18 bits per heavy atom. The molecule has 0 spiro atoms. The Kier molecular flexibility index (Phi) is 3.54. The molecule has 3 aromatic rings. The average molecular weight is 376 g/mol. The maximum atomic E-state index is 11.8. The van der Waals surface area contributed by atoms with Crippen LogP contribution in [-0.2, 0) is 4.79 Å². The molecule has 4 N–H and O–H groups in total. The lowest BCUT2D eigenvalue weighted by atomic mass is 10.1. The van der Waals surface area contributed by atoms with Crippen molar-refractivity contribution in [3.63, 3.8) is 0 Å². The van der Waals surface area contributed by atoms with E-state index in [1.807, 2.05) is 6.07 Å². The molecule has 1 saturated heterocycles. The summed E-state index contributed by atoms with van der Waals surface area (Å²) in [6.45, 7) is 0. The van der Waals surface area contributed by atoms with E-state index in [9.17, 15) is 14.7 Å². The number of benzene rings is 1. The molecule has 2 aliphatic rings. The lowest BCUT2D eigenvalue weighted by Crippen LogP contribution is -2.22. The number of rotatable bonds is 4. The van der Waals surface area contributed by atoms with Gasteiger partial charge in [-0.15, -0.1) is 0 Å². The van der Waals surface area contributed by atoms with Gasteiger partial charge in [0.2, 0.25) is 0 Å². The van der Waals surface area contributed by atoms with Crippen LogP contribution in [0.15, 0.2) is 42.2 Å². The van der Waals surface area contributed by atoms with Crippen LogP contribution in [0.2, 0.25) is 0 Å². The highest BCUT2D eigenvalue weighted by atomic mass is 16.3. The molecule has 0 atom stereocenters. The van der Waals surface area contributed by atoms with E-state index in [2.05, 4.69) is 21.0 Å². The number of imide groups is 1. The smallest absolute Gasteiger partial charge is 0.326 e. The molecular weight excluding hydrogens is 360 g/mol. The van der Waals surface area contributed by atoms with Crippen LogP contribution in [0.5, 0.6) is 5.75 Å². The lowest BCUT2D eigenvalue weighted by Gasteiger charge is -2.10. The van der Waals surface area contributed by atoms with Crippen molar-refractivity contribution in [1.82, 2.24) is 25.2 Å². The molecule has 2 aromatic heterocycles. The predicted molar refractivity (Wildman–Crippen MR) is 101 cm³/mol. The first-order chi connectivity index (χ1) is 13.6. The first-order valence-electron chi connectivity index (χ1n) is 8.85. The second kappa shape index (κ2) is 6.08. The van der Waals surface area contributed by atoms with E-state index < -0.39 is 11.9 Å². The van der Waals surface area contributed by atoms with Gasteiger partial charge < -0.3 is 15.7 Å². The molecular formula is C19H16N6O3. The Bertz CT molecular complexity index is 1140. The normalized spacial score (nSPS) is 17.8. The topological polar surface area (TPSA) is 121 Å². The summed E-state index contributed by atoms with van der Waals surface area (Å²) in [5, 5.41) is 22.0. The third-order valence-electron chi connectivity index (χ3n) is 4.61. The van der Waals surface area contributed by atoms with Crippen molar-refractivity contribution in [3.05, 3.63) is 47.8 Å². The number of phenols is 1. The van der Waals surface area contributed by atoms with Crippen LogP contribution < -0.4 is 16.0 Å². The number of aromatic nitrogens is 3. The fourth-order valence-corrected chi connectivity index (χ4v) is 3.04. The first-order valence-corrected chi connectivity index (χ1v) is 8.85. The second-order valence-electron chi connectivity index (χ2n) is 6.79. The molecule has 28 heavy (non-hydrogen) atoms. The molecule has 1 saturated carbocycles. The van der Waals surface area contributed by atoms with E-state index >= 15 is 0 Å². The Hall–Kier alpha value is -3.88. The van der Waals surface area contributed by atoms with Gasteiger partial charge in [-0.3, -0.25) is 10.1 Å². The van der Waals surface area contributed by atoms with Gasteiger partial charge in [-0.2, -0.15) is 9.61 Å². The summed E-state index contributed by atoms with van der Waals surface area (Å²) in [4.78, 5) is 27.9. The van der Waals surface area contributed by atoms with Gasteiger partial charge in [-0.1, -0.05) is 0 Å². The molecule has 0 radical (unpaired) electrons. The number of hydrogen-bond donors (Lipinski definition) is 4. The van der Waals surface area contributed by atoms with Crippen molar-refractivity contribution < 1.29 is 14.7 Å². The van der Waals surface area contributed by atoms with Gasteiger partial charge in [0.15, 0.2) is 5.65 Å². The zero-order valence-electron chi connectivity index (χ0n) is 14.6. The van der Waals surface area contributed by atoms with E-state index in [-0.39, 0.29) is 11.4 Å². The largest absolute Gasteiger partial charge is 0.508 e. The summed E-state index contributed by atoms with van der Waals surface area (Å²) < 4.78 is 1.68. The van der Waals surface area contributed by atoms with Crippen molar-refractivity contribution >= 4 is 29.5 Å². The Balaban J connectivity index is 1.65. The summed E-state index contributed by atoms with van der Waals surface area (Å²) in [5.41, 5.74) is 2.84. The molecule has 9 nitrogen and oxygen atoms in total. The predicted octanol–water partition coefficient (Wildman–Crippen LogP) is 1.86. The van der Waals surface area contributed by atoms with Crippen LogP contribution in [-0.4, -0.2) is 37.7 Å². The molecule has 0 bridgehead atoms. The van der Waals surface area contributed by atoms with Gasteiger partial charge in [-0.25, -0.2) is 9.78 Å². The highest BCUT2D eigenvalue weighted by molar-refractivity contribution is 6.14. The van der Waals surface area contributed by atoms with Gasteiger partial charge >= 0.3 is 6.03 Å². The Morgan fingerprint density at radius 3 is 2.64 bits per heavy atom. The average Bonchev–Trinajstić information content (AvgIpc) is 3.31. The second-order valence-corrected chi connectivity index (χ2v) is 6.79. The van der Waals surface area contributed by atoms with Crippen molar-refractivity contribution in [2.45, 2.75) is 18.9 Å². The number of carbonyl (C=O) groups excluding carboxylic acids is 2.